The number of hydrogen-bond donors (Lipinski definition) is 2. The molecule has 1 saturated heterocycles. The fourth-order valence-electron chi connectivity index (χ4n) is 4.86. The van der Waals surface area contributed by atoms with Crippen LogP contribution in [0, 0.1) is 5.92 Å². The van der Waals surface area contributed by atoms with Crippen LogP contribution >= 0.6 is 11.8 Å². The summed E-state index contributed by atoms with van der Waals surface area (Å²) in [6.07, 6.45) is 7.36. The van der Waals surface area contributed by atoms with E-state index in [9.17, 15) is 4.79 Å². The fraction of sp³-hybridized carbons (Fsp3) is 0.542. The molecule has 0 aromatic heterocycles. The molecule has 3 aliphatic heterocycles. The SMILES string of the molecule is C=C(C1CC1)N1CCc2cc(C3=C(C)SC(NC(=O)CN4CCCCC4)N3)ccc21. The number of anilines is 1. The number of nitrogens with one attached hydrogen (secondary N) is 2. The largest absolute Gasteiger partial charge is 0.355 e. The van der Waals surface area contributed by atoms with Crippen molar-refractivity contribution >= 4 is 29.1 Å². The molecule has 2 N–H and O–H groups in total. The maximum Gasteiger partial charge on any atom is 0.236 e. The predicted octanol–water partition coefficient (Wildman–Crippen LogP) is 3.88. The Balaban J connectivity index is 1.21. The molecule has 160 valence electrons. The van der Waals surface area contributed by atoms with E-state index >= 15 is 0 Å². The smallest absolute Gasteiger partial charge is 0.236 e. The molecule has 2 fully saturated rings. The molecule has 1 unspecified atom stereocenters. The minimum Gasteiger partial charge on any atom is -0.355 e. The molecule has 0 radical (unpaired) electrons. The number of rotatable bonds is 6. The third-order valence-electron chi connectivity index (χ3n) is 6.69. The van der Waals surface area contributed by atoms with Crippen molar-refractivity contribution in [3.05, 3.63) is 46.5 Å². The lowest BCUT2D eigenvalue weighted by molar-refractivity contribution is -0.122. The van der Waals surface area contributed by atoms with Gasteiger partial charge in [0.25, 0.3) is 0 Å². The Morgan fingerprint density at radius 1 is 1.23 bits per heavy atom. The van der Waals surface area contributed by atoms with E-state index < -0.39 is 0 Å². The van der Waals surface area contributed by atoms with Gasteiger partial charge in [0.05, 0.1) is 12.2 Å². The lowest BCUT2D eigenvalue weighted by Gasteiger charge is -2.26. The maximum absolute atomic E-state index is 12.5. The lowest BCUT2D eigenvalue weighted by atomic mass is 10.1. The van der Waals surface area contributed by atoms with E-state index in [1.807, 2.05) is 0 Å². The van der Waals surface area contributed by atoms with Gasteiger partial charge in [0.1, 0.15) is 0 Å². The molecular weight excluding hydrogens is 392 g/mol. The number of piperidine rings is 1. The number of carbonyl (C=O) groups is 1. The topological polar surface area (TPSA) is 47.6 Å². The van der Waals surface area contributed by atoms with Crippen LogP contribution in [0.1, 0.15) is 50.2 Å². The molecule has 3 heterocycles. The van der Waals surface area contributed by atoms with E-state index in [1.54, 1.807) is 11.8 Å². The van der Waals surface area contributed by atoms with Gasteiger partial charge in [0.2, 0.25) is 5.91 Å². The van der Waals surface area contributed by atoms with E-state index in [1.165, 1.54) is 59.5 Å². The van der Waals surface area contributed by atoms with Gasteiger partial charge in [-0.25, -0.2) is 0 Å². The molecule has 0 bridgehead atoms. The molecule has 1 aromatic rings. The number of carbonyl (C=O) groups excluding carboxylic acids is 1. The number of benzene rings is 1. The second-order valence-electron chi connectivity index (χ2n) is 8.99. The van der Waals surface area contributed by atoms with Crippen LogP contribution < -0.4 is 15.5 Å². The van der Waals surface area contributed by atoms with Crippen molar-refractivity contribution in [2.75, 3.05) is 31.1 Å². The van der Waals surface area contributed by atoms with Gasteiger partial charge in [-0.15, -0.1) is 0 Å². The van der Waals surface area contributed by atoms with Crippen LogP contribution in [0.3, 0.4) is 0 Å². The molecule has 4 aliphatic rings. The van der Waals surface area contributed by atoms with Crippen LogP contribution in [-0.4, -0.2) is 42.5 Å². The monoisotopic (exact) mass is 424 g/mol. The maximum atomic E-state index is 12.5. The summed E-state index contributed by atoms with van der Waals surface area (Å²) in [5.41, 5.74) is 6.29. The molecule has 1 saturated carbocycles. The second-order valence-corrected chi connectivity index (χ2v) is 10.3. The summed E-state index contributed by atoms with van der Waals surface area (Å²) in [6.45, 7) is 10.1. The van der Waals surface area contributed by atoms with E-state index in [-0.39, 0.29) is 11.4 Å². The predicted molar refractivity (Wildman–Crippen MR) is 125 cm³/mol. The Morgan fingerprint density at radius 3 is 2.80 bits per heavy atom. The van der Waals surface area contributed by atoms with Gasteiger partial charge < -0.3 is 15.5 Å². The van der Waals surface area contributed by atoms with Crippen LogP contribution in [0.5, 0.6) is 0 Å². The number of thioether (sulfide) groups is 1. The Bertz CT molecular complexity index is 885. The van der Waals surface area contributed by atoms with Gasteiger partial charge in [-0.2, -0.15) is 0 Å². The van der Waals surface area contributed by atoms with Crippen molar-refractivity contribution in [2.24, 2.45) is 5.92 Å². The number of fused-ring (bicyclic) bond motifs is 1. The van der Waals surface area contributed by atoms with Crippen molar-refractivity contribution < 1.29 is 4.79 Å². The summed E-state index contributed by atoms with van der Waals surface area (Å²) in [7, 11) is 0. The number of amides is 1. The van der Waals surface area contributed by atoms with E-state index in [0.717, 1.165) is 31.8 Å². The van der Waals surface area contributed by atoms with Crippen molar-refractivity contribution in [1.29, 1.82) is 0 Å². The third-order valence-corrected chi connectivity index (χ3v) is 7.72. The third kappa shape index (κ3) is 4.12. The van der Waals surface area contributed by atoms with E-state index in [0.29, 0.717) is 12.5 Å². The van der Waals surface area contributed by atoms with Gasteiger partial charge in [-0.3, -0.25) is 9.69 Å². The Kier molecular flexibility index (Phi) is 5.54. The highest BCUT2D eigenvalue weighted by Crippen LogP contribution is 2.43. The first-order valence-electron chi connectivity index (χ1n) is 11.3. The van der Waals surface area contributed by atoms with Gasteiger partial charge in [-0.1, -0.05) is 30.8 Å². The van der Waals surface area contributed by atoms with Crippen LogP contribution in [0.15, 0.2) is 35.4 Å². The van der Waals surface area contributed by atoms with Gasteiger partial charge in [-0.05, 0) is 81.3 Å². The summed E-state index contributed by atoms with van der Waals surface area (Å²) < 4.78 is 0. The molecular formula is C24H32N4OS. The summed E-state index contributed by atoms with van der Waals surface area (Å²) >= 11 is 1.70. The minimum atomic E-state index is -0.0864. The molecule has 1 amide bonds. The number of likely N-dealkylation sites (tertiary alicyclic amines) is 1. The Labute approximate surface area is 184 Å². The molecule has 1 atom stereocenters. The number of hydrogen-bond acceptors (Lipinski definition) is 5. The summed E-state index contributed by atoms with van der Waals surface area (Å²) in [6, 6.07) is 6.78. The van der Waals surface area contributed by atoms with Crippen LogP contribution in [0.25, 0.3) is 5.70 Å². The molecule has 5 rings (SSSR count). The first-order chi connectivity index (χ1) is 14.6. The van der Waals surface area contributed by atoms with Crippen molar-refractivity contribution in [3.8, 4) is 0 Å². The molecule has 6 heteroatoms. The van der Waals surface area contributed by atoms with Crippen LogP contribution in [-0.2, 0) is 11.2 Å². The van der Waals surface area contributed by atoms with Crippen molar-refractivity contribution in [3.63, 3.8) is 0 Å². The van der Waals surface area contributed by atoms with E-state index in [2.05, 4.69) is 52.1 Å². The Hall–Kier alpha value is -1.92. The number of allylic oxidation sites excluding steroid dienone is 2. The number of nitrogens with zero attached hydrogens (tertiary/aromatic N) is 2. The van der Waals surface area contributed by atoms with Crippen molar-refractivity contribution in [2.45, 2.75) is 50.9 Å². The van der Waals surface area contributed by atoms with Crippen LogP contribution in [0.2, 0.25) is 0 Å². The Morgan fingerprint density at radius 2 is 2.03 bits per heavy atom. The van der Waals surface area contributed by atoms with Gasteiger partial charge >= 0.3 is 0 Å². The summed E-state index contributed by atoms with van der Waals surface area (Å²) in [5, 5.41) is 6.70. The first kappa shape index (κ1) is 20.0. The van der Waals surface area contributed by atoms with Crippen molar-refractivity contribution in [1.82, 2.24) is 15.5 Å². The molecule has 0 spiro atoms. The fourth-order valence-corrected chi connectivity index (χ4v) is 5.87. The summed E-state index contributed by atoms with van der Waals surface area (Å²) in [4.78, 5) is 18.4. The zero-order valence-corrected chi connectivity index (χ0v) is 18.7. The first-order valence-corrected chi connectivity index (χ1v) is 12.2. The van der Waals surface area contributed by atoms with E-state index in [4.69, 9.17) is 0 Å². The molecule has 5 nitrogen and oxygen atoms in total. The molecule has 1 aliphatic carbocycles. The highest BCUT2D eigenvalue weighted by Gasteiger charge is 2.32. The summed E-state index contributed by atoms with van der Waals surface area (Å²) in [5.74, 6) is 0.807. The second kappa shape index (κ2) is 8.31. The average Bonchev–Trinajstić information content (AvgIpc) is 3.41. The average molecular weight is 425 g/mol. The molecule has 1 aromatic carbocycles. The quantitative estimate of drug-likeness (QED) is 0.726. The van der Waals surface area contributed by atoms with Crippen LogP contribution in [0.4, 0.5) is 5.69 Å². The van der Waals surface area contributed by atoms with Gasteiger partial charge in [0.15, 0.2) is 5.50 Å². The zero-order chi connectivity index (χ0) is 20.7. The lowest BCUT2D eigenvalue weighted by Crippen LogP contribution is -2.45. The zero-order valence-electron chi connectivity index (χ0n) is 17.9. The standard InChI is InChI=1S/C24H32N4OS/c1-16(18-6-7-18)28-13-10-19-14-20(8-9-21(19)28)23-17(2)30-24(26-23)25-22(29)15-27-11-4-3-5-12-27/h8-9,14,18,24,26H,1,3-7,10-13,15H2,2H3,(H,25,29). The highest BCUT2D eigenvalue weighted by atomic mass is 32.2. The molecule has 30 heavy (non-hydrogen) atoms. The normalized spacial score (nSPS) is 24.0. The minimum absolute atomic E-state index is 0.0864. The van der Waals surface area contributed by atoms with Gasteiger partial charge in [0, 0.05) is 22.8 Å². The highest BCUT2D eigenvalue weighted by molar-refractivity contribution is 8.04.